The summed E-state index contributed by atoms with van der Waals surface area (Å²) in [7, 11) is 0. The number of nitrogens with zero attached hydrogens (tertiary/aromatic N) is 1. The normalized spacial score (nSPS) is 19.3. The zero-order valence-corrected chi connectivity index (χ0v) is 8.31. The largest absolute Gasteiger partial charge is 0.493 e. The topological polar surface area (TPSA) is 37.9 Å². The molecule has 0 radical (unpaired) electrons. The smallest absolute Gasteiger partial charge is 0.122 e. The molecule has 3 nitrogen and oxygen atoms in total. The summed E-state index contributed by atoms with van der Waals surface area (Å²) in [5.74, 6) is 1.43. The van der Waals surface area contributed by atoms with E-state index in [0.717, 1.165) is 24.5 Å². The van der Waals surface area contributed by atoms with E-state index in [4.69, 9.17) is 4.74 Å². The second-order valence-corrected chi connectivity index (χ2v) is 3.83. The maximum Gasteiger partial charge on any atom is 0.122 e. The molecule has 1 aromatic heterocycles. The van der Waals surface area contributed by atoms with Crippen LogP contribution in [0.1, 0.15) is 17.2 Å². The highest BCUT2D eigenvalue weighted by Crippen LogP contribution is 2.30. The molecule has 15 heavy (non-hydrogen) atoms. The molecule has 0 amide bonds. The number of rotatable bonds is 1. The summed E-state index contributed by atoms with van der Waals surface area (Å²) in [6, 6.07) is 8.21. The van der Waals surface area contributed by atoms with Crippen molar-refractivity contribution in [2.45, 2.75) is 12.3 Å². The monoisotopic (exact) mass is 200 g/mol. The van der Waals surface area contributed by atoms with Crippen molar-refractivity contribution in [3.8, 4) is 5.75 Å². The first-order chi connectivity index (χ1) is 7.43. The van der Waals surface area contributed by atoms with Gasteiger partial charge in [-0.25, -0.2) is 4.98 Å². The lowest BCUT2D eigenvalue weighted by Crippen LogP contribution is -2.19. The van der Waals surface area contributed by atoms with Crippen LogP contribution in [0, 0.1) is 0 Å². The molecule has 0 spiro atoms. The number of para-hydroxylation sites is 1. The SMILES string of the molecule is c1ccc2c(c1)CC(c1cnc[nH]1)CO2. The summed E-state index contributed by atoms with van der Waals surface area (Å²) in [6.07, 6.45) is 4.62. The van der Waals surface area contributed by atoms with Crippen molar-refractivity contribution in [1.29, 1.82) is 0 Å². The van der Waals surface area contributed by atoms with Crippen molar-refractivity contribution in [2.24, 2.45) is 0 Å². The van der Waals surface area contributed by atoms with E-state index in [9.17, 15) is 0 Å². The molecule has 3 rings (SSSR count). The number of ether oxygens (including phenoxy) is 1. The Kier molecular flexibility index (Phi) is 1.95. The fraction of sp³-hybridized carbons (Fsp3) is 0.250. The molecule has 1 atom stereocenters. The van der Waals surface area contributed by atoms with Crippen LogP contribution in [0.15, 0.2) is 36.8 Å². The van der Waals surface area contributed by atoms with Crippen LogP contribution in [0.2, 0.25) is 0 Å². The first-order valence-corrected chi connectivity index (χ1v) is 5.12. The van der Waals surface area contributed by atoms with Gasteiger partial charge in [0.05, 0.1) is 12.9 Å². The molecule has 1 aromatic carbocycles. The molecule has 3 heteroatoms. The molecule has 76 valence electrons. The Labute approximate surface area is 88.1 Å². The molecule has 0 bridgehead atoms. The number of aromatic nitrogens is 2. The van der Waals surface area contributed by atoms with Crippen LogP contribution in [0.3, 0.4) is 0 Å². The fourth-order valence-electron chi connectivity index (χ4n) is 2.02. The first-order valence-electron chi connectivity index (χ1n) is 5.12. The lowest BCUT2D eigenvalue weighted by Gasteiger charge is -2.24. The molecule has 0 saturated heterocycles. The Morgan fingerprint density at radius 2 is 2.27 bits per heavy atom. The van der Waals surface area contributed by atoms with E-state index >= 15 is 0 Å². The van der Waals surface area contributed by atoms with Crippen molar-refractivity contribution < 1.29 is 4.74 Å². The number of aromatic amines is 1. The molecule has 1 N–H and O–H groups in total. The van der Waals surface area contributed by atoms with Gasteiger partial charge >= 0.3 is 0 Å². The number of fused-ring (bicyclic) bond motifs is 1. The summed E-state index contributed by atoms with van der Waals surface area (Å²) in [6.45, 7) is 0.735. The maximum atomic E-state index is 5.71. The first kappa shape index (κ1) is 8.53. The highest BCUT2D eigenvalue weighted by Gasteiger charge is 2.21. The van der Waals surface area contributed by atoms with Crippen molar-refractivity contribution >= 4 is 0 Å². The minimum Gasteiger partial charge on any atom is -0.493 e. The quantitative estimate of drug-likeness (QED) is 0.765. The number of nitrogens with one attached hydrogen (secondary N) is 1. The minimum absolute atomic E-state index is 0.405. The molecular weight excluding hydrogens is 188 g/mol. The number of benzene rings is 1. The van der Waals surface area contributed by atoms with Crippen LogP contribution in [-0.2, 0) is 6.42 Å². The summed E-state index contributed by atoms with van der Waals surface area (Å²) in [4.78, 5) is 7.19. The molecule has 2 aromatic rings. The number of hydrogen-bond acceptors (Lipinski definition) is 2. The van der Waals surface area contributed by atoms with Crippen LogP contribution in [0.4, 0.5) is 0 Å². The van der Waals surface area contributed by atoms with Gasteiger partial charge in [-0.3, -0.25) is 0 Å². The fourth-order valence-corrected chi connectivity index (χ4v) is 2.02. The van der Waals surface area contributed by atoms with E-state index in [2.05, 4.69) is 22.1 Å². The van der Waals surface area contributed by atoms with Crippen molar-refractivity contribution in [2.75, 3.05) is 6.61 Å². The summed E-state index contributed by atoms with van der Waals surface area (Å²) >= 11 is 0. The molecule has 1 unspecified atom stereocenters. The molecule has 2 heterocycles. The van der Waals surface area contributed by atoms with Crippen molar-refractivity contribution in [1.82, 2.24) is 9.97 Å². The zero-order chi connectivity index (χ0) is 10.1. The average Bonchev–Trinajstić information content (AvgIpc) is 2.82. The highest BCUT2D eigenvalue weighted by atomic mass is 16.5. The van der Waals surface area contributed by atoms with Gasteiger partial charge in [0, 0.05) is 17.8 Å². The third kappa shape index (κ3) is 1.50. The van der Waals surface area contributed by atoms with Crippen LogP contribution in [0.5, 0.6) is 5.75 Å². The van der Waals surface area contributed by atoms with Crippen LogP contribution in [-0.4, -0.2) is 16.6 Å². The number of H-pyrrole nitrogens is 1. The Hall–Kier alpha value is -1.77. The lowest BCUT2D eigenvalue weighted by molar-refractivity contribution is 0.260. The Bertz CT molecular complexity index is 450. The highest BCUT2D eigenvalue weighted by molar-refractivity contribution is 5.36. The van der Waals surface area contributed by atoms with E-state index in [1.165, 1.54) is 5.56 Å². The van der Waals surface area contributed by atoms with Gasteiger partial charge in [0.15, 0.2) is 0 Å². The van der Waals surface area contributed by atoms with E-state index < -0.39 is 0 Å². The van der Waals surface area contributed by atoms with Gasteiger partial charge in [0.25, 0.3) is 0 Å². The third-order valence-corrected chi connectivity index (χ3v) is 2.84. The molecule has 1 aliphatic heterocycles. The predicted molar refractivity (Wildman–Crippen MR) is 57.0 cm³/mol. The number of imidazole rings is 1. The summed E-state index contributed by atoms with van der Waals surface area (Å²) < 4.78 is 5.71. The van der Waals surface area contributed by atoms with Gasteiger partial charge in [0.2, 0.25) is 0 Å². The Morgan fingerprint density at radius 1 is 1.33 bits per heavy atom. The molecule has 1 aliphatic rings. The summed E-state index contributed by atoms with van der Waals surface area (Å²) in [5, 5.41) is 0. The third-order valence-electron chi connectivity index (χ3n) is 2.84. The van der Waals surface area contributed by atoms with Gasteiger partial charge in [-0.2, -0.15) is 0 Å². The van der Waals surface area contributed by atoms with Gasteiger partial charge in [-0.1, -0.05) is 18.2 Å². The molecule has 0 saturated carbocycles. The van der Waals surface area contributed by atoms with Crippen LogP contribution < -0.4 is 4.74 Å². The van der Waals surface area contributed by atoms with Crippen molar-refractivity contribution in [3.63, 3.8) is 0 Å². The standard InChI is InChI=1S/C12H12N2O/c1-2-4-12-9(3-1)5-10(7-15-12)11-6-13-8-14-11/h1-4,6,8,10H,5,7H2,(H,13,14). The second kappa shape index (κ2) is 3.42. The Morgan fingerprint density at radius 3 is 3.13 bits per heavy atom. The average molecular weight is 200 g/mol. The van der Waals surface area contributed by atoms with Crippen LogP contribution in [0.25, 0.3) is 0 Å². The van der Waals surface area contributed by atoms with E-state index in [1.54, 1.807) is 6.33 Å². The van der Waals surface area contributed by atoms with E-state index in [0.29, 0.717) is 5.92 Å². The van der Waals surface area contributed by atoms with Gasteiger partial charge in [-0.15, -0.1) is 0 Å². The zero-order valence-electron chi connectivity index (χ0n) is 8.31. The van der Waals surface area contributed by atoms with Crippen molar-refractivity contribution in [3.05, 3.63) is 48.0 Å². The molecular formula is C12H12N2O. The molecule has 0 fully saturated rings. The molecule has 0 aliphatic carbocycles. The Balaban J connectivity index is 1.89. The number of hydrogen-bond donors (Lipinski definition) is 1. The second-order valence-electron chi connectivity index (χ2n) is 3.83. The maximum absolute atomic E-state index is 5.71. The van der Waals surface area contributed by atoms with Gasteiger partial charge < -0.3 is 9.72 Å². The predicted octanol–water partition coefficient (Wildman–Crippen LogP) is 2.13. The summed E-state index contributed by atoms with van der Waals surface area (Å²) in [5.41, 5.74) is 2.44. The van der Waals surface area contributed by atoms with E-state index in [1.807, 2.05) is 18.3 Å². The van der Waals surface area contributed by atoms with Gasteiger partial charge in [0.1, 0.15) is 5.75 Å². The van der Waals surface area contributed by atoms with Crippen LogP contribution >= 0.6 is 0 Å². The van der Waals surface area contributed by atoms with Gasteiger partial charge in [-0.05, 0) is 18.1 Å². The minimum atomic E-state index is 0.405. The lowest BCUT2D eigenvalue weighted by atomic mass is 9.94. The van der Waals surface area contributed by atoms with E-state index in [-0.39, 0.29) is 0 Å².